The van der Waals surface area contributed by atoms with Gasteiger partial charge in [0.2, 0.25) is 0 Å². The Labute approximate surface area is 185 Å². The zero-order chi connectivity index (χ0) is 21.4. The van der Waals surface area contributed by atoms with Gasteiger partial charge in [0.25, 0.3) is 8.32 Å². The summed E-state index contributed by atoms with van der Waals surface area (Å²) in [6, 6.07) is 21.8. The maximum atomic E-state index is 7.42. The number of fused-ring (bicyclic) bond motifs is 2. The van der Waals surface area contributed by atoms with Crippen LogP contribution in [-0.4, -0.2) is 8.32 Å². The molecule has 0 saturated heterocycles. The minimum absolute atomic E-state index is 1.04. The first-order valence-electron chi connectivity index (χ1n) is 12.3. The molecule has 0 spiro atoms. The van der Waals surface area contributed by atoms with Gasteiger partial charge in [0.15, 0.2) is 0 Å². The molecule has 30 heavy (non-hydrogen) atoms. The van der Waals surface area contributed by atoms with Crippen molar-refractivity contribution in [3.8, 4) is 5.75 Å². The number of unbranched alkanes of at least 4 members (excludes halogenated alkanes) is 3. The number of rotatable bonds is 12. The fourth-order valence-electron chi connectivity index (χ4n) is 4.79. The van der Waals surface area contributed by atoms with Crippen LogP contribution >= 0.6 is 0 Å². The van der Waals surface area contributed by atoms with Crippen LogP contribution in [0.25, 0.3) is 21.5 Å². The van der Waals surface area contributed by atoms with Crippen LogP contribution in [0.5, 0.6) is 5.75 Å². The fraction of sp³-hybridized carbons (Fsp3) is 0.500. The Morgan fingerprint density at radius 3 is 1.90 bits per heavy atom. The predicted molar refractivity (Wildman–Crippen MR) is 136 cm³/mol. The van der Waals surface area contributed by atoms with E-state index in [0.717, 1.165) is 6.42 Å². The van der Waals surface area contributed by atoms with E-state index >= 15 is 0 Å². The Hall–Kier alpha value is -1.80. The van der Waals surface area contributed by atoms with Gasteiger partial charge in [-0.25, -0.2) is 0 Å². The van der Waals surface area contributed by atoms with Crippen LogP contribution < -0.4 is 4.43 Å². The topological polar surface area (TPSA) is 9.23 Å². The van der Waals surface area contributed by atoms with Gasteiger partial charge in [0.1, 0.15) is 5.75 Å². The lowest BCUT2D eigenvalue weighted by atomic mass is 9.97. The molecule has 0 amide bonds. The number of hydrogen-bond donors (Lipinski definition) is 0. The van der Waals surface area contributed by atoms with Crippen LogP contribution in [0.3, 0.4) is 0 Å². The minimum Gasteiger partial charge on any atom is -0.543 e. The highest BCUT2D eigenvalue weighted by molar-refractivity contribution is 6.74. The molecule has 3 aromatic carbocycles. The van der Waals surface area contributed by atoms with Crippen molar-refractivity contribution in [1.29, 1.82) is 0 Å². The first-order valence-corrected chi connectivity index (χ1v) is 14.8. The molecule has 0 N–H and O–H groups in total. The highest BCUT2D eigenvalue weighted by Crippen LogP contribution is 2.41. The average molecular weight is 421 g/mol. The molecular weight excluding hydrogens is 380 g/mol. The Morgan fingerprint density at radius 2 is 1.30 bits per heavy atom. The molecule has 0 atom stereocenters. The van der Waals surface area contributed by atoms with E-state index in [2.05, 4.69) is 76.2 Å². The minimum atomic E-state index is -1.87. The Kier molecular flexibility index (Phi) is 8.38. The van der Waals surface area contributed by atoms with Gasteiger partial charge >= 0.3 is 0 Å². The van der Waals surface area contributed by atoms with Crippen molar-refractivity contribution in [2.45, 2.75) is 90.8 Å². The highest BCUT2D eigenvalue weighted by atomic mass is 28.4. The van der Waals surface area contributed by atoms with Gasteiger partial charge in [-0.1, -0.05) is 109 Å². The molecule has 2 heteroatoms. The number of benzene rings is 3. The maximum Gasteiger partial charge on any atom is 0.251 e. The molecule has 0 aliphatic heterocycles. The second-order valence-corrected chi connectivity index (χ2v) is 13.0. The monoisotopic (exact) mass is 420 g/mol. The molecule has 3 rings (SSSR count). The Morgan fingerprint density at radius 1 is 0.700 bits per heavy atom. The van der Waals surface area contributed by atoms with E-state index in [9.17, 15) is 0 Å². The van der Waals surface area contributed by atoms with Crippen LogP contribution in [-0.2, 0) is 6.42 Å². The van der Waals surface area contributed by atoms with Gasteiger partial charge in [0.05, 0.1) is 0 Å². The van der Waals surface area contributed by atoms with E-state index in [1.807, 2.05) is 0 Å². The Balaban J connectivity index is 2.21. The van der Waals surface area contributed by atoms with Crippen LogP contribution in [0.2, 0.25) is 18.1 Å². The van der Waals surface area contributed by atoms with E-state index in [1.165, 1.54) is 89.5 Å². The second-order valence-electron chi connectivity index (χ2n) is 8.89. The molecule has 0 saturated carbocycles. The number of hydrogen-bond acceptors (Lipinski definition) is 1. The van der Waals surface area contributed by atoms with Crippen LogP contribution in [0.1, 0.15) is 71.8 Å². The molecule has 3 aromatic rings. The van der Waals surface area contributed by atoms with Crippen molar-refractivity contribution in [2.24, 2.45) is 0 Å². The van der Waals surface area contributed by atoms with Gasteiger partial charge in [-0.3, -0.25) is 0 Å². The molecular formula is C28H40OSi. The standard InChI is InChI=1S/C28H40OSi/c1-5-9-19-30(20-10-6-2,21-11-7-3)29-28-26-18-13-12-15-24(26)22-25-17-14-16-23(8-4)27(25)28/h12-18,22H,5-11,19-21H2,1-4H3. The molecule has 1 nitrogen and oxygen atoms in total. The summed E-state index contributed by atoms with van der Waals surface area (Å²) in [4.78, 5) is 0. The van der Waals surface area contributed by atoms with Crippen LogP contribution in [0.15, 0.2) is 48.5 Å². The third kappa shape index (κ3) is 5.08. The lowest BCUT2D eigenvalue weighted by molar-refractivity contribution is 0.520. The summed E-state index contributed by atoms with van der Waals surface area (Å²) in [6.45, 7) is 9.23. The summed E-state index contributed by atoms with van der Waals surface area (Å²) < 4.78 is 7.42. The predicted octanol–water partition coefficient (Wildman–Crippen LogP) is 9.28. The smallest absolute Gasteiger partial charge is 0.251 e. The summed E-state index contributed by atoms with van der Waals surface area (Å²) >= 11 is 0. The van der Waals surface area contributed by atoms with Gasteiger partial charge in [-0.2, -0.15) is 0 Å². The molecule has 0 unspecified atom stereocenters. The third-order valence-electron chi connectivity index (χ3n) is 6.58. The summed E-state index contributed by atoms with van der Waals surface area (Å²) in [5.74, 6) is 1.19. The maximum absolute atomic E-state index is 7.42. The lowest BCUT2D eigenvalue weighted by Gasteiger charge is -2.34. The SMILES string of the molecule is CCCC[Si](CCCC)(CCCC)Oc1c2ccccc2cc2cccc(CC)c12. The summed E-state index contributed by atoms with van der Waals surface area (Å²) in [5.41, 5.74) is 1.41. The van der Waals surface area contributed by atoms with E-state index in [-0.39, 0.29) is 0 Å². The van der Waals surface area contributed by atoms with Gasteiger partial charge < -0.3 is 4.43 Å². The van der Waals surface area contributed by atoms with Gasteiger partial charge in [-0.15, -0.1) is 0 Å². The molecule has 0 fully saturated rings. The normalized spacial score (nSPS) is 12.0. The van der Waals surface area contributed by atoms with Crippen molar-refractivity contribution in [2.75, 3.05) is 0 Å². The van der Waals surface area contributed by atoms with Crippen molar-refractivity contribution in [3.05, 3.63) is 54.1 Å². The third-order valence-corrected chi connectivity index (χ3v) is 11.0. The largest absolute Gasteiger partial charge is 0.543 e. The van der Waals surface area contributed by atoms with Gasteiger partial charge in [0, 0.05) is 10.8 Å². The molecule has 0 bridgehead atoms. The number of aryl methyl sites for hydroxylation is 1. The van der Waals surface area contributed by atoms with E-state index in [0.29, 0.717) is 0 Å². The van der Waals surface area contributed by atoms with Crippen LogP contribution in [0.4, 0.5) is 0 Å². The van der Waals surface area contributed by atoms with E-state index < -0.39 is 8.32 Å². The van der Waals surface area contributed by atoms with Gasteiger partial charge in [-0.05, 0) is 47.0 Å². The van der Waals surface area contributed by atoms with Crippen molar-refractivity contribution < 1.29 is 4.43 Å². The summed E-state index contributed by atoms with van der Waals surface area (Å²) in [6.07, 6.45) is 8.70. The molecule has 0 aliphatic rings. The average Bonchev–Trinajstić information content (AvgIpc) is 2.79. The summed E-state index contributed by atoms with van der Waals surface area (Å²) in [7, 11) is -1.87. The molecule has 0 heterocycles. The lowest BCUT2D eigenvalue weighted by Crippen LogP contribution is -2.41. The van der Waals surface area contributed by atoms with E-state index in [1.54, 1.807) is 0 Å². The zero-order valence-corrected chi connectivity index (χ0v) is 20.6. The first-order chi connectivity index (χ1) is 14.7. The van der Waals surface area contributed by atoms with Crippen molar-refractivity contribution in [3.63, 3.8) is 0 Å². The second kappa shape index (κ2) is 11.0. The highest BCUT2D eigenvalue weighted by Gasteiger charge is 2.36. The fourth-order valence-corrected chi connectivity index (χ4v) is 9.49. The molecule has 0 radical (unpaired) electrons. The van der Waals surface area contributed by atoms with Crippen LogP contribution in [0, 0.1) is 0 Å². The molecule has 0 aromatic heterocycles. The first kappa shape index (κ1) is 22.9. The molecule has 0 aliphatic carbocycles. The molecule has 162 valence electrons. The van der Waals surface area contributed by atoms with Crippen molar-refractivity contribution >= 4 is 29.9 Å². The Bertz CT molecular complexity index is 924. The quantitative estimate of drug-likeness (QED) is 0.209. The zero-order valence-electron chi connectivity index (χ0n) is 19.6. The summed E-state index contributed by atoms with van der Waals surface area (Å²) in [5, 5.41) is 5.29. The van der Waals surface area contributed by atoms with E-state index in [4.69, 9.17) is 4.43 Å². The van der Waals surface area contributed by atoms with Crippen molar-refractivity contribution in [1.82, 2.24) is 0 Å².